The third-order valence-electron chi connectivity index (χ3n) is 5.37. The van der Waals surface area contributed by atoms with Crippen LogP contribution in [0, 0.1) is 13.8 Å². The zero-order valence-corrected chi connectivity index (χ0v) is 16.3. The number of rotatable bonds is 6. The summed E-state index contributed by atoms with van der Waals surface area (Å²) in [5.41, 5.74) is 4.34. The number of methoxy groups -OCH3 is 1. The summed E-state index contributed by atoms with van der Waals surface area (Å²) >= 11 is 0. The SMILES string of the molecule is CCn1c(C)cc(C(=O)CN2CCN(c3ccc(OC)cc3)CC2)c1C. The first-order valence-corrected chi connectivity index (χ1v) is 9.34. The van der Waals surface area contributed by atoms with Crippen molar-refractivity contribution in [3.8, 4) is 5.75 Å². The van der Waals surface area contributed by atoms with E-state index in [1.54, 1.807) is 7.11 Å². The van der Waals surface area contributed by atoms with E-state index < -0.39 is 0 Å². The minimum atomic E-state index is 0.232. The number of piperazine rings is 1. The number of aromatic nitrogens is 1. The van der Waals surface area contributed by atoms with Crippen LogP contribution in [0.2, 0.25) is 0 Å². The third-order valence-corrected chi connectivity index (χ3v) is 5.37. The van der Waals surface area contributed by atoms with E-state index in [0.29, 0.717) is 6.54 Å². The Morgan fingerprint density at radius 2 is 1.73 bits per heavy atom. The normalized spacial score (nSPS) is 15.3. The molecular weight excluding hydrogens is 326 g/mol. The van der Waals surface area contributed by atoms with Gasteiger partial charge >= 0.3 is 0 Å². The molecule has 1 saturated heterocycles. The molecule has 5 heteroatoms. The molecule has 1 aromatic carbocycles. The Balaban J connectivity index is 1.57. The fraction of sp³-hybridized carbons (Fsp3) is 0.476. The van der Waals surface area contributed by atoms with Crippen LogP contribution in [0.25, 0.3) is 0 Å². The second kappa shape index (κ2) is 7.96. The van der Waals surface area contributed by atoms with E-state index >= 15 is 0 Å². The van der Waals surface area contributed by atoms with E-state index in [9.17, 15) is 4.79 Å². The van der Waals surface area contributed by atoms with Crippen LogP contribution in [-0.4, -0.2) is 55.1 Å². The summed E-state index contributed by atoms with van der Waals surface area (Å²) < 4.78 is 7.42. The van der Waals surface area contributed by atoms with Crippen molar-refractivity contribution in [2.45, 2.75) is 27.3 Å². The zero-order valence-electron chi connectivity index (χ0n) is 16.3. The zero-order chi connectivity index (χ0) is 18.7. The van der Waals surface area contributed by atoms with Gasteiger partial charge < -0.3 is 14.2 Å². The van der Waals surface area contributed by atoms with Crippen molar-refractivity contribution >= 4 is 11.5 Å². The number of Topliss-reactive ketones (excluding diaryl/α,β-unsaturated/α-hetero) is 1. The Labute approximate surface area is 156 Å². The van der Waals surface area contributed by atoms with Gasteiger partial charge in [-0.15, -0.1) is 0 Å². The number of ketones is 1. The number of anilines is 1. The lowest BCUT2D eigenvalue weighted by molar-refractivity contribution is 0.0925. The van der Waals surface area contributed by atoms with Crippen LogP contribution in [0.1, 0.15) is 28.7 Å². The molecule has 1 aliphatic heterocycles. The molecule has 26 heavy (non-hydrogen) atoms. The monoisotopic (exact) mass is 355 g/mol. The molecule has 0 bridgehead atoms. The average molecular weight is 355 g/mol. The minimum absolute atomic E-state index is 0.232. The number of carbonyl (C=O) groups is 1. The summed E-state index contributed by atoms with van der Waals surface area (Å²) in [4.78, 5) is 17.4. The molecule has 0 saturated carbocycles. The Morgan fingerprint density at radius 1 is 1.08 bits per heavy atom. The van der Waals surface area contributed by atoms with Crippen LogP contribution >= 0.6 is 0 Å². The lowest BCUT2D eigenvalue weighted by atomic mass is 10.1. The number of hydrogen-bond donors (Lipinski definition) is 0. The first kappa shape index (κ1) is 18.5. The lowest BCUT2D eigenvalue weighted by Crippen LogP contribution is -2.48. The van der Waals surface area contributed by atoms with Gasteiger partial charge in [-0.2, -0.15) is 0 Å². The predicted octanol–water partition coefficient (Wildman–Crippen LogP) is 3.14. The molecule has 0 radical (unpaired) electrons. The third kappa shape index (κ3) is 3.78. The maximum atomic E-state index is 12.8. The average Bonchev–Trinajstić information content (AvgIpc) is 2.96. The minimum Gasteiger partial charge on any atom is -0.497 e. The predicted molar refractivity (Wildman–Crippen MR) is 106 cm³/mol. The van der Waals surface area contributed by atoms with Gasteiger partial charge in [0.15, 0.2) is 5.78 Å². The molecular formula is C21H29N3O2. The maximum Gasteiger partial charge on any atom is 0.178 e. The van der Waals surface area contributed by atoms with Gasteiger partial charge in [0.2, 0.25) is 0 Å². The van der Waals surface area contributed by atoms with Crippen molar-refractivity contribution in [2.24, 2.45) is 0 Å². The van der Waals surface area contributed by atoms with Crippen LogP contribution in [0.15, 0.2) is 30.3 Å². The van der Waals surface area contributed by atoms with Crippen LogP contribution in [-0.2, 0) is 6.54 Å². The van der Waals surface area contributed by atoms with Gasteiger partial charge in [0.05, 0.1) is 13.7 Å². The summed E-state index contributed by atoms with van der Waals surface area (Å²) in [7, 11) is 1.68. The van der Waals surface area contributed by atoms with Gasteiger partial charge in [0.1, 0.15) is 5.75 Å². The van der Waals surface area contributed by atoms with Gasteiger partial charge in [-0.25, -0.2) is 0 Å². The number of aryl methyl sites for hydroxylation is 1. The molecule has 0 unspecified atom stereocenters. The molecule has 1 fully saturated rings. The fourth-order valence-corrected chi connectivity index (χ4v) is 3.82. The summed E-state index contributed by atoms with van der Waals surface area (Å²) in [6.07, 6.45) is 0. The summed E-state index contributed by atoms with van der Waals surface area (Å²) in [5, 5.41) is 0. The number of ether oxygens (including phenoxy) is 1. The van der Waals surface area contributed by atoms with E-state index in [-0.39, 0.29) is 5.78 Å². The highest BCUT2D eigenvalue weighted by Crippen LogP contribution is 2.21. The van der Waals surface area contributed by atoms with Crippen LogP contribution in [0.3, 0.4) is 0 Å². The second-order valence-corrected chi connectivity index (χ2v) is 6.91. The number of carbonyl (C=O) groups excluding carboxylic acids is 1. The molecule has 0 amide bonds. The lowest BCUT2D eigenvalue weighted by Gasteiger charge is -2.35. The van der Waals surface area contributed by atoms with E-state index in [2.05, 4.69) is 40.3 Å². The molecule has 1 aromatic heterocycles. The van der Waals surface area contributed by atoms with Crippen LogP contribution < -0.4 is 9.64 Å². The van der Waals surface area contributed by atoms with E-state index in [0.717, 1.165) is 55.4 Å². The molecule has 3 rings (SSSR count). The van der Waals surface area contributed by atoms with Gasteiger partial charge in [-0.3, -0.25) is 9.69 Å². The molecule has 1 aliphatic rings. The Kier molecular flexibility index (Phi) is 5.67. The highest BCUT2D eigenvalue weighted by molar-refractivity contribution is 5.99. The molecule has 2 heterocycles. The smallest absolute Gasteiger partial charge is 0.178 e. The van der Waals surface area contributed by atoms with Gasteiger partial charge in [0.25, 0.3) is 0 Å². The highest BCUT2D eigenvalue weighted by Gasteiger charge is 2.22. The molecule has 0 N–H and O–H groups in total. The Morgan fingerprint density at radius 3 is 2.27 bits per heavy atom. The van der Waals surface area contributed by atoms with Crippen molar-refractivity contribution in [3.05, 3.63) is 47.3 Å². The van der Waals surface area contributed by atoms with Crippen molar-refractivity contribution < 1.29 is 9.53 Å². The second-order valence-electron chi connectivity index (χ2n) is 6.91. The number of nitrogens with zero attached hydrogens (tertiary/aromatic N) is 3. The molecule has 2 aromatic rings. The van der Waals surface area contributed by atoms with E-state index in [1.165, 1.54) is 5.69 Å². The highest BCUT2D eigenvalue weighted by atomic mass is 16.5. The summed E-state index contributed by atoms with van der Waals surface area (Å²) in [6.45, 7) is 11.3. The van der Waals surface area contributed by atoms with E-state index in [4.69, 9.17) is 4.74 Å². The number of benzene rings is 1. The molecule has 0 atom stereocenters. The number of hydrogen-bond acceptors (Lipinski definition) is 4. The summed E-state index contributed by atoms with van der Waals surface area (Å²) in [6, 6.07) is 10.2. The molecule has 0 spiro atoms. The topological polar surface area (TPSA) is 37.7 Å². The van der Waals surface area contributed by atoms with Crippen molar-refractivity contribution in [3.63, 3.8) is 0 Å². The van der Waals surface area contributed by atoms with Crippen LogP contribution in [0.4, 0.5) is 5.69 Å². The first-order chi connectivity index (χ1) is 12.5. The molecule has 0 aliphatic carbocycles. The largest absolute Gasteiger partial charge is 0.497 e. The standard InChI is InChI=1S/C21H29N3O2/c1-5-24-16(2)14-20(17(24)3)21(25)15-22-10-12-23(13-11-22)18-6-8-19(26-4)9-7-18/h6-9,14H,5,10-13,15H2,1-4H3. The van der Waals surface area contributed by atoms with Crippen molar-refractivity contribution in [1.82, 2.24) is 9.47 Å². The van der Waals surface area contributed by atoms with Crippen molar-refractivity contribution in [2.75, 3.05) is 44.7 Å². The quantitative estimate of drug-likeness (QED) is 0.746. The maximum absolute atomic E-state index is 12.8. The molecule has 5 nitrogen and oxygen atoms in total. The fourth-order valence-electron chi connectivity index (χ4n) is 3.82. The first-order valence-electron chi connectivity index (χ1n) is 9.34. The Bertz CT molecular complexity index is 756. The Hall–Kier alpha value is -2.27. The van der Waals surface area contributed by atoms with Crippen molar-refractivity contribution in [1.29, 1.82) is 0 Å². The van der Waals surface area contributed by atoms with E-state index in [1.807, 2.05) is 25.1 Å². The van der Waals surface area contributed by atoms with Gasteiger partial charge in [-0.05, 0) is 51.1 Å². The van der Waals surface area contributed by atoms with Crippen LogP contribution in [0.5, 0.6) is 5.75 Å². The summed E-state index contributed by atoms with van der Waals surface area (Å²) in [5.74, 6) is 1.11. The molecule has 140 valence electrons. The van der Waals surface area contributed by atoms with Gasteiger partial charge in [-0.1, -0.05) is 0 Å². The van der Waals surface area contributed by atoms with Gasteiger partial charge in [0, 0.05) is 55.4 Å².